The van der Waals surface area contributed by atoms with Gasteiger partial charge in [-0.3, -0.25) is 10.1 Å². The quantitative estimate of drug-likeness (QED) is 0.720. The third kappa shape index (κ3) is 4.82. The molecule has 2 amide bonds. The molecular formula is C8H10ClN3O3. The summed E-state index contributed by atoms with van der Waals surface area (Å²) in [5, 5.41) is 12.9. The molecule has 0 aliphatic heterocycles. The Morgan fingerprint density at radius 1 is 1.33 bits per heavy atom. The zero-order valence-electron chi connectivity index (χ0n) is 7.85. The van der Waals surface area contributed by atoms with Crippen molar-refractivity contribution in [2.75, 3.05) is 10.6 Å². The van der Waals surface area contributed by atoms with Crippen LogP contribution in [0.1, 0.15) is 6.92 Å². The molecule has 15 heavy (non-hydrogen) atoms. The molecular weight excluding hydrogens is 222 g/mol. The van der Waals surface area contributed by atoms with Crippen molar-refractivity contribution in [3.05, 3.63) is 18.3 Å². The second-order valence-electron chi connectivity index (χ2n) is 2.54. The van der Waals surface area contributed by atoms with E-state index in [0.29, 0.717) is 5.69 Å². The molecule has 1 rings (SSSR count). The lowest BCUT2D eigenvalue weighted by molar-refractivity contribution is -0.114. The monoisotopic (exact) mass is 231 g/mol. The van der Waals surface area contributed by atoms with Crippen molar-refractivity contribution in [2.24, 2.45) is 0 Å². The van der Waals surface area contributed by atoms with E-state index in [2.05, 4.69) is 15.6 Å². The highest BCUT2D eigenvalue weighted by Gasteiger charge is 1.99. The Bertz CT molecular complexity index is 318. The lowest BCUT2D eigenvalue weighted by Gasteiger charge is -2.02. The molecule has 0 atom stereocenters. The van der Waals surface area contributed by atoms with Crippen LogP contribution in [0.4, 0.5) is 16.3 Å². The third-order valence-electron chi connectivity index (χ3n) is 1.32. The van der Waals surface area contributed by atoms with E-state index in [1.807, 2.05) is 0 Å². The topological polar surface area (TPSA) is 91.3 Å². The number of rotatable bonds is 2. The first-order valence-corrected chi connectivity index (χ1v) is 3.81. The number of pyridine rings is 1. The van der Waals surface area contributed by atoms with Crippen molar-refractivity contribution in [2.45, 2.75) is 6.92 Å². The van der Waals surface area contributed by atoms with Crippen LogP contribution in [-0.4, -0.2) is 22.1 Å². The fraction of sp³-hybridized carbons (Fsp3) is 0.125. The molecule has 0 fully saturated rings. The van der Waals surface area contributed by atoms with Crippen molar-refractivity contribution in [1.82, 2.24) is 4.98 Å². The van der Waals surface area contributed by atoms with Crippen molar-refractivity contribution >= 4 is 35.9 Å². The molecule has 0 spiro atoms. The van der Waals surface area contributed by atoms with Gasteiger partial charge < -0.3 is 10.4 Å². The summed E-state index contributed by atoms with van der Waals surface area (Å²) in [7, 11) is 0. The summed E-state index contributed by atoms with van der Waals surface area (Å²) in [6.07, 6.45) is 0.192. The molecule has 0 radical (unpaired) electrons. The van der Waals surface area contributed by atoms with Gasteiger partial charge in [-0.05, 0) is 12.1 Å². The molecule has 3 N–H and O–H groups in total. The normalized spacial score (nSPS) is 8.60. The summed E-state index contributed by atoms with van der Waals surface area (Å²) in [5.41, 5.74) is 0.522. The highest BCUT2D eigenvalue weighted by molar-refractivity contribution is 5.88. The van der Waals surface area contributed by atoms with Crippen molar-refractivity contribution in [1.29, 1.82) is 0 Å². The highest BCUT2D eigenvalue weighted by atomic mass is 35.5. The number of carbonyl (C=O) groups is 2. The van der Waals surface area contributed by atoms with Gasteiger partial charge in [-0.1, -0.05) is 0 Å². The van der Waals surface area contributed by atoms with Gasteiger partial charge in [0.2, 0.25) is 5.91 Å². The number of halogens is 1. The number of aromatic nitrogens is 1. The summed E-state index contributed by atoms with van der Waals surface area (Å²) in [5.74, 6) is 0.0114. The van der Waals surface area contributed by atoms with Gasteiger partial charge >= 0.3 is 6.09 Å². The minimum Gasteiger partial charge on any atom is -0.465 e. The first-order valence-electron chi connectivity index (χ1n) is 3.81. The van der Waals surface area contributed by atoms with E-state index in [1.165, 1.54) is 19.2 Å². The fourth-order valence-corrected chi connectivity index (χ4v) is 0.855. The van der Waals surface area contributed by atoms with Gasteiger partial charge in [0, 0.05) is 6.92 Å². The van der Waals surface area contributed by atoms with Gasteiger partial charge in [-0.2, -0.15) is 0 Å². The molecule has 0 aliphatic rings. The van der Waals surface area contributed by atoms with Crippen LogP contribution in [0, 0.1) is 0 Å². The molecule has 82 valence electrons. The Morgan fingerprint density at radius 3 is 2.40 bits per heavy atom. The lowest BCUT2D eigenvalue weighted by atomic mass is 10.4. The molecule has 6 nitrogen and oxygen atoms in total. The first kappa shape index (κ1) is 13.2. The maximum atomic E-state index is 10.6. The van der Waals surface area contributed by atoms with Gasteiger partial charge in [0.15, 0.2) is 0 Å². The smallest absolute Gasteiger partial charge is 0.410 e. The molecule has 0 saturated carbocycles. The van der Waals surface area contributed by atoms with Crippen molar-refractivity contribution < 1.29 is 14.7 Å². The molecule has 1 aromatic rings. The first-order chi connectivity index (χ1) is 6.58. The predicted molar refractivity (Wildman–Crippen MR) is 57.4 cm³/mol. The maximum Gasteiger partial charge on any atom is 0.410 e. The Balaban J connectivity index is 0.00000196. The summed E-state index contributed by atoms with van der Waals surface area (Å²) >= 11 is 0. The summed E-state index contributed by atoms with van der Waals surface area (Å²) < 4.78 is 0. The van der Waals surface area contributed by atoms with Crippen LogP contribution in [0.3, 0.4) is 0 Å². The Labute approximate surface area is 92.1 Å². The second-order valence-corrected chi connectivity index (χ2v) is 2.54. The number of hydrogen-bond donors (Lipinski definition) is 3. The van der Waals surface area contributed by atoms with Crippen LogP contribution in [-0.2, 0) is 4.79 Å². The van der Waals surface area contributed by atoms with Gasteiger partial charge in [-0.15, -0.1) is 12.4 Å². The SMILES string of the molecule is CC(=O)Nc1ccc(NC(=O)O)nc1.Cl. The maximum absolute atomic E-state index is 10.6. The number of hydrogen-bond acceptors (Lipinski definition) is 3. The van der Waals surface area contributed by atoms with Crippen LogP contribution in [0.15, 0.2) is 18.3 Å². The van der Waals surface area contributed by atoms with Gasteiger partial charge in [-0.25, -0.2) is 9.78 Å². The standard InChI is InChI=1S/C8H9N3O3.ClH/c1-5(12)10-6-2-3-7(9-4-6)11-8(13)14;/h2-4H,1H3,(H,9,11)(H,10,12)(H,13,14);1H. The van der Waals surface area contributed by atoms with Crippen LogP contribution >= 0.6 is 12.4 Å². The van der Waals surface area contributed by atoms with E-state index in [0.717, 1.165) is 0 Å². The van der Waals surface area contributed by atoms with E-state index < -0.39 is 6.09 Å². The van der Waals surface area contributed by atoms with Crippen molar-refractivity contribution in [3.8, 4) is 0 Å². The number of carbonyl (C=O) groups excluding carboxylic acids is 1. The molecule has 7 heteroatoms. The van der Waals surface area contributed by atoms with E-state index in [1.54, 1.807) is 6.07 Å². The number of nitrogens with one attached hydrogen (secondary N) is 2. The lowest BCUT2D eigenvalue weighted by Crippen LogP contribution is -2.09. The van der Waals surface area contributed by atoms with E-state index in [4.69, 9.17) is 5.11 Å². The molecule has 0 bridgehead atoms. The second kappa shape index (κ2) is 5.82. The Morgan fingerprint density at radius 2 is 2.00 bits per heavy atom. The Hall–Kier alpha value is -1.82. The van der Waals surface area contributed by atoms with Crippen LogP contribution in [0.5, 0.6) is 0 Å². The molecule has 1 heterocycles. The average molecular weight is 232 g/mol. The van der Waals surface area contributed by atoms with Crippen LogP contribution < -0.4 is 10.6 Å². The van der Waals surface area contributed by atoms with Crippen LogP contribution in [0.2, 0.25) is 0 Å². The largest absolute Gasteiger partial charge is 0.465 e. The van der Waals surface area contributed by atoms with Crippen molar-refractivity contribution in [3.63, 3.8) is 0 Å². The molecule has 0 aromatic carbocycles. The number of anilines is 2. The van der Waals surface area contributed by atoms with E-state index >= 15 is 0 Å². The fourth-order valence-electron chi connectivity index (χ4n) is 0.855. The minimum atomic E-state index is -1.18. The zero-order valence-corrected chi connectivity index (χ0v) is 8.67. The predicted octanol–water partition coefficient (Wildman–Crippen LogP) is 1.55. The minimum absolute atomic E-state index is 0. The molecule has 1 aromatic heterocycles. The van der Waals surface area contributed by atoms with E-state index in [9.17, 15) is 9.59 Å². The number of nitrogens with zero attached hydrogens (tertiary/aromatic N) is 1. The molecule has 0 saturated heterocycles. The number of carboxylic acid groups (broad SMARTS) is 1. The highest BCUT2D eigenvalue weighted by Crippen LogP contribution is 2.08. The van der Waals surface area contributed by atoms with Gasteiger partial charge in [0.1, 0.15) is 5.82 Å². The van der Waals surface area contributed by atoms with E-state index in [-0.39, 0.29) is 24.1 Å². The van der Waals surface area contributed by atoms with Gasteiger partial charge in [0.05, 0.1) is 11.9 Å². The summed E-state index contributed by atoms with van der Waals surface area (Å²) in [4.78, 5) is 24.6. The molecule has 0 unspecified atom stereocenters. The molecule has 0 aliphatic carbocycles. The van der Waals surface area contributed by atoms with Gasteiger partial charge in [0.25, 0.3) is 0 Å². The third-order valence-corrected chi connectivity index (χ3v) is 1.32. The summed E-state index contributed by atoms with van der Waals surface area (Å²) in [6.45, 7) is 1.38. The zero-order chi connectivity index (χ0) is 10.6. The average Bonchev–Trinajstić information content (AvgIpc) is 2.06. The summed E-state index contributed by atoms with van der Waals surface area (Å²) in [6, 6.07) is 3.01. The van der Waals surface area contributed by atoms with Crippen LogP contribution in [0.25, 0.3) is 0 Å². The Kier molecular flexibility index (Phi) is 5.11. The number of amides is 2.